The quantitative estimate of drug-likeness (QED) is 0.422. The standard InChI is InChI=1S/C7H15NO4/c1-10-3-4-12-7(9)6(8)5-11-2/h6H,3-5,8H2,1-2H3/t6-/m0/s1. The third kappa shape index (κ3) is 5.06. The monoisotopic (exact) mass is 177 g/mol. The SMILES string of the molecule is COCCOC(=O)[C@@H](N)COC. The second kappa shape index (κ2) is 7.02. The molecule has 0 unspecified atom stereocenters. The van der Waals surface area contributed by atoms with Gasteiger partial charge in [0.2, 0.25) is 0 Å². The fraction of sp³-hybridized carbons (Fsp3) is 0.857. The zero-order chi connectivity index (χ0) is 9.40. The number of methoxy groups -OCH3 is 2. The predicted octanol–water partition coefficient (Wildman–Crippen LogP) is -0.850. The van der Waals surface area contributed by atoms with E-state index in [0.717, 1.165) is 0 Å². The van der Waals surface area contributed by atoms with E-state index in [1.165, 1.54) is 14.2 Å². The Kier molecular flexibility index (Phi) is 6.64. The maximum Gasteiger partial charge on any atom is 0.325 e. The van der Waals surface area contributed by atoms with Gasteiger partial charge in [-0.1, -0.05) is 0 Å². The van der Waals surface area contributed by atoms with Crippen molar-refractivity contribution in [3.63, 3.8) is 0 Å². The normalized spacial score (nSPS) is 12.6. The molecule has 0 bridgehead atoms. The third-order valence-electron chi connectivity index (χ3n) is 1.18. The average Bonchev–Trinajstić information content (AvgIpc) is 2.05. The highest BCUT2D eigenvalue weighted by atomic mass is 16.6. The molecule has 0 aromatic rings. The second-order valence-corrected chi connectivity index (χ2v) is 2.22. The van der Waals surface area contributed by atoms with E-state index in [4.69, 9.17) is 10.5 Å². The fourth-order valence-electron chi connectivity index (χ4n) is 0.580. The van der Waals surface area contributed by atoms with Crippen molar-refractivity contribution in [2.24, 2.45) is 5.73 Å². The van der Waals surface area contributed by atoms with Gasteiger partial charge in [-0.25, -0.2) is 0 Å². The zero-order valence-electron chi connectivity index (χ0n) is 7.41. The van der Waals surface area contributed by atoms with Gasteiger partial charge in [0, 0.05) is 14.2 Å². The molecule has 0 aliphatic carbocycles. The van der Waals surface area contributed by atoms with Crippen molar-refractivity contribution in [3.8, 4) is 0 Å². The summed E-state index contributed by atoms with van der Waals surface area (Å²) in [7, 11) is 3.01. The van der Waals surface area contributed by atoms with Gasteiger partial charge in [0.15, 0.2) is 0 Å². The summed E-state index contributed by atoms with van der Waals surface area (Å²) < 4.78 is 14.1. The topological polar surface area (TPSA) is 70.8 Å². The van der Waals surface area contributed by atoms with Crippen molar-refractivity contribution < 1.29 is 19.0 Å². The molecular weight excluding hydrogens is 162 g/mol. The van der Waals surface area contributed by atoms with Gasteiger partial charge in [-0.2, -0.15) is 0 Å². The van der Waals surface area contributed by atoms with Gasteiger partial charge in [-0.05, 0) is 0 Å². The van der Waals surface area contributed by atoms with Crippen LogP contribution in [0.1, 0.15) is 0 Å². The summed E-state index contributed by atoms with van der Waals surface area (Å²) in [5, 5.41) is 0. The van der Waals surface area contributed by atoms with Gasteiger partial charge in [0.25, 0.3) is 0 Å². The molecule has 12 heavy (non-hydrogen) atoms. The van der Waals surface area contributed by atoms with Crippen LogP contribution >= 0.6 is 0 Å². The van der Waals surface area contributed by atoms with Gasteiger partial charge in [-0.15, -0.1) is 0 Å². The lowest BCUT2D eigenvalue weighted by Crippen LogP contribution is -2.36. The number of hydrogen-bond acceptors (Lipinski definition) is 5. The van der Waals surface area contributed by atoms with Gasteiger partial charge >= 0.3 is 5.97 Å². The van der Waals surface area contributed by atoms with Crippen molar-refractivity contribution in [2.75, 3.05) is 34.0 Å². The number of nitrogens with two attached hydrogens (primary N) is 1. The molecule has 1 atom stereocenters. The molecular formula is C7H15NO4. The Hall–Kier alpha value is -0.650. The summed E-state index contributed by atoms with van der Waals surface area (Å²) >= 11 is 0. The Labute approximate surface area is 71.8 Å². The number of carbonyl (C=O) groups is 1. The molecule has 72 valence electrons. The smallest absolute Gasteiger partial charge is 0.325 e. The minimum Gasteiger partial charge on any atom is -0.462 e. The highest BCUT2D eigenvalue weighted by molar-refractivity contribution is 5.75. The largest absolute Gasteiger partial charge is 0.462 e. The van der Waals surface area contributed by atoms with Crippen LogP contribution in [0.15, 0.2) is 0 Å². The molecule has 0 aliphatic heterocycles. The zero-order valence-corrected chi connectivity index (χ0v) is 7.41. The molecule has 0 rings (SSSR count). The Morgan fingerprint density at radius 1 is 1.33 bits per heavy atom. The molecule has 0 radical (unpaired) electrons. The molecule has 0 aromatic carbocycles. The number of rotatable bonds is 6. The molecule has 0 saturated heterocycles. The number of carbonyl (C=O) groups excluding carboxylic acids is 1. The summed E-state index contributed by atoms with van der Waals surface area (Å²) in [5.74, 6) is -0.464. The molecule has 0 spiro atoms. The summed E-state index contributed by atoms with van der Waals surface area (Å²) in [6.45, 7) is 0.782. The summed E-state index contributed by atoms with van der Waals surface area (Å²) in [6, 6.07) is -0.702. The maximum atomic E-state index is 10.9. The molecule has 0 heterocycles. The fourth-order valence-corrected chi connectivity index (χ4v) is 0.580. The van der Waals surface area contributed by atoms with E-state index in [9.17, 15) is 4.79 Å². The minimum atomic E-state index is -0.702. The molecule has 0 fully saturated rings. The van der Waals surface area contributed by atoms with Crippen LogP contribution in [-0.2, 0) is 19.0 Å². The van der Waals surface area contributed by atoms with Crippen LogP contribution in [0, 0.1) is 0 Å². The van der Waals surface area contributed by atoms with E-state index < -0.39 is 12.0 Å². The molecule has 0 amide bonds. The Balaban J connectivity index is 3.43. The first-order valence-electron chi connectivity index (χ1n) is 3.62. The van der Waals surface area contributed by atoms with E-state index in [-0.39, 0.29) is 13.2 Å². The first-order valence-corrected chi connectivity index (χ1v) is 3.62. The lowest BCUT2D eigenvalue weighted by Gasteiger charge is -2.09. The van der Waals surface area contributed by atoms with Crippen molar-refractivity contribution in [3.05, 3.63) is 0 Å². The molecule has 5 heteroatoms. The highest BCUT2D eigenvalue weighted by Gasteiger charge is 2.13. The first-order chi connectivity index (χ1) is 5.72. The Bertz CT molecular complexity index is 129. The maximum absolute atomic E-state index is 10.9. The van der Waals surface area contributed by atoms with Gasteiger partial charge in [0.05, 0.1) is 13.2 Å². The predicted molar refractivity (Wildman–Crippen MR) is 42.7 cm³/mol. The van der Waals surface area contributed by atoms with Gasteiger partial charge in [-0.3, -0.25) is 4.79 Å². The Morgan fingerprint density at radius 3 is 2.50 bits per heavy atom. The number of hydrogen-bond donors (Lipinski definition) is 1. The summed E-state index contributed by atoms with van der Waals surface area (Å²) in [6.07, 6.45) is 0. The van der Waals surface area contributed by atoms with Crippen LogP contribution < -0.4 is 5.73 Å². The van der Waals surface area contributed by atoms with Crippen LogP contribution in [0.2, 0.25) is 0 Å². The van der Waals surface area contributed by atoms with E-state index in [1.807, 2.05) is 0 Å². The molecule has 2 N–H and O–H groups in total. The lowest BCUT2D eigenvalue weighted by atomic mass is 10.3. The van der Waals surface area contributed by atoms with Crippen molar-refractivity contribution in [1.82, 2.24) is 0 Å². The Morgan fingerprint density at radius 2 is 2.00 bits per heavy atom. The number of ether oxygens (including phenoxy) is 3. The highest BCUT2D eigenvalue weighted by Crippen LogP contribution is 1.86. The number of esters is 1. The minimum absolute atomic E-state index is 0.172. The summed E-state index contributed by atoms with van der Waals surface area (Å²) in [4.78, 5) is 10.9. The van der Waals surface area contributed by atoms with Crippen LogP contribution in [0.25, 0.3) is 0 Å². The van der Waals surface area contributed by atoms with E-state index >= 15 is 0 Å². The average molecular weight is 177 g/mol. The van der Waals surface area contributed by atoms with Crippen molar-refractivity contribution >= 4 is 5.97 Å². The molecule has 0 aliphatic rings. The van der Waals surface area contributed by atoms with Crippen molar-refractivity contribution in [1.29, 1.82) is 0 Å². The molecule has 0 aromatic heterocycles. The van der Waals surface area contributed by atoms with Crippen LogP contribution in [0.5, 0.6) is 0 Å². The molecule has 5 nitrogen and oxygen atoms in total. The van der Waals surface area contributed by atoms with Gasteiger partial charge < -0.3 is 19.9 Å². The van der Waals surface area contributed by atoms with Crippen LogP contribution in [0.4, 0.5) is 0 Å². The van der Waals surface area contributed by atoms with Crippen LogP contribution in [-0.4, -0.2) is 46.1 Å². The van der Waals surface area contributed by atoms with E-state index in [1.54, 1.807) is 0 Å². The molecule has 0 saturated carbocycles. The summed E-state index contributed by atoms with van der Waals surface area (Å²) in [5.41, 5.74) is 5.37. The third-order valence-corrected chi connectivity index (χ3v) is 1.18. The van der Waals surface area contributed by atoms with Crippen LogP contribution in [0.3, 0.4) is 0 Å². The lowest BCUT2D eigenvalue weighted by molar-refractivity contribution is -0.147. The second-order valence-electron chi connectivity index (χ2n) is 2.22. The van der Waals surface area contributed by atoms with Gasteiger partial charge in [0.1, 0.15) is 12.6 Å². The van der Waals surface area contributed by atoms with E-state index in [2.05, 4.69) is 9.47 Å². The van der Waals surface area contributed by atoms with Crippen molar-refractivity contribution in [2.45, 2.75) is 6.04 Å². The van der Waals surface area contributed by atoms with E-state index in [0.29, 0.717) is 6.61 Å². The first kappa shape index (κ1) is 11.4.